The molecule has 0 saturated carbocycles. The van der Waals surface area contributed by atoms with Gasteiger partial charge in [-0.1, -0.05) is 11.6 Å². The molecule has 17 heavy (non-hydrogen) atoms. The van der Waals surface area contributed by atoms with Gasteiger partial charge in [0.15, 0.2) is 0 Å². The highest BCUT2D eigenvalue weighted by molar-refractivity contribution is 6.30. The van der Waals surface area contributed by atoms with E-state index in [1.165, 1.54) is 0 Å². The lowest BCUT2D eigenvalue weighted by atomic mass is 10.1. The Kier molecular flexibility index (Phi) is 4.10. The van der Waals surface area contributed by atoms with Crippen LogP contribution in [-0.4, -0.2) is 39.5 Å². The standard InChI is InChI=1S/C12H17ClN2O2/c1-16-12-3-2-9(13)6-11(12)15-4-5-17-8-10(15)7-14/h2-3,6,10H,4-5,7-8,14H2,1H3. The number of halogens is 1. The number of anilines is 1. The minimum atomic E-state index is 0.177. The number of nitrogens with two attached hydrogens (primary N) is 1. The molecule has 4 nitrogen and oxygen atoms in total. The summed E-state index contributed by atoms with van der Waals surface area (Å²) in [6, 6.07) is 5.78. The van der Waals surface area contributed by atoms with Gasteiger partial charge in [0.05, 0.1) is 32.1 Å². The molecule has 0 amide bonds. The largest absolute Gasteiger partial charge is 0.495 e. The van der Waals surface area contributed by atoms with Crippen molar-refractivity contribution < 1.29 is 9.47 Å². The Morgan fingerprint density at radius 3 is 3.12 bits per heavy atom. The van der Waals surface area contributed by atoms with Gasteiger partial charge in [0, 0.05) is 18.1 Å². The Bertz CT molecular complexity index is 387. The smallest absolute Gasteiger partial charge is 0.142 e. The molecule has 5 heteroatoms. The van der Waals surface area contributed by atoms with Crippen molar-refractivity contribution in [2.45, 2.75) is 6.04 Å². The number of methoxy groups -OCH3 is 1. The summed E-state index contributed by atoms with van der Waals surface area (Å²) in [5.41, 5.74) is 6.75. The van der Waals surface area contributed by atoms with Crippen LogP contribution in [0.1, 0.15) is 0 Å². The molecule has 94 valence electrons. The van der Waals surface area contributed by atoms with Crippen molar-refractivity contribution in [1.29, 1.82) is 0 Å². The van der Waals surface area contributed by atoms with Gasteiger partial charge in [-0.3, -0.25) is 0 Å². The maximum Gasteiger partial charge on any atom is 0.142 e. The SMILES string of the molecule is COc1ccc(Cl)cc1N1CCOCC1CN. The second-order valence-corrected chi connectivity index (χ2v) is 4.41. The Hall–Kier alpha value is -0.970. The monoisotopic (exact) mass is 256 g/mol. The number of nitrogens with zero attached hydrogens (tertiary/aromatic N) is 1. The first kappa shape index (κ1) is 12.5. The molecular formula is C12H17ClN2O2. The van der Waals surface area contributed by atoms with E-state index >= 15 is 0 Å². The molecule has 1 saturated heterocycles. The second kappa shape index (κ2) is 5.58. The Morgan fingerprint density at radius 2 is 2.41 bits per heavy atom. The van der Waals surface area contributed by atoms with E-state index < -0.39 is 0 Å². The normalized spacial score (nSPS) is 20.4. The molecule has 0 spiro atoms. The lowest BCUT2D eigenvalue weighted by Crippen LogP contribution is -2.49. The van der Waals surface area contributed by atoms with Gasteiger partial charge in [0.1, 0.15) is 5.75 Å². The first-order valence-electron chi connectivity index (χ1n) is 5.64. The average Bonchev–Trinajstić information content (AvgIpc) is 2.38. The summed E-state index contributed by atoms with van der Waals surface area (Å²) < 4.78 is 10.8. The number of ether oxygens (including phenoxy) is 2. The van der Waals surface area contributed by atoms with Crippen molar-refractivity contribution in [3.05, 3.63) is 23.2 Å². The molecule has 1 unspecified atom stereocenters. The van der Waals surface area contributed by atoms with Crippen LogP contribution in [0.25, 0.3) is 0 Å². The van der Waals surface area contributed by atoms with Gasteiger partial charge in [-0.2, -0.15) is 0 Å². The van der Waals surface area contributed by atoms with Gasteiger partial charge in [-0.05, 0) is 18.2 Å². The average molecular weight is 257 g/mol. The Balaban J connectivity index is 2.33. The van der Waals surface area contributed by atoms with E-state index in [4.69, 9.17) is 26.8 Å². The zero-order valence-corrected chi connectivity index (χ0v) is 10.6. The summed E-state index contributed by atoms with van der Waals surface area (Å²) in [5.74, 6) is 0.815. The molecule has 0 radical (unpaired) electrons. The van der Waals surface area contributed by atoms with Crippen molar-refractivity contribution in [2.75, 3.05) is 38.3 Å². The highest BCUT2D eigenvalue weighted by atomic mass is 35.5. The predicted molar refractivity (Wildman–Crippen MR) is 69.0 cm³/mol. The molecule has 0 aromatic heterocycles. The van der Waals surface area contributed by atoms with E-state index in [2.05, 4.69) is 4.90 Å². The maximum atomic E-state index is 6.04. The van der Waals surface area contributed by atoms with Crippen LogP contribution in [0.5, 0.6) is 5.75 Å². The van der Waals surface area contributed by atoms with E-state index in [1.54, 1.807) is 7.11 Å². The number of hydrogen-bond acceptors (Lipinski definition) is 4. The summed E-state index contributed by atoms with van der Waals surface area (Å²) in [6.07, 6.45) is 0. The molecule has 1 aliphatic rings. The summed E-state index contributed by atoms with van der Waals surface area (Å²) >= 11 is 6.04. The molecule has 0 aliphatic carbocycles. The number of rotatable bonds is 3. The van der Waals surface area contributed by atoms with E-state index in [-0.39, 0.29) is 6.04 Å². The third-order valence-corrected chi connectivity index (χ3v) is 3.19. The van der Waals surface area contributed by atoms with Crippen LogP contribution in [0, 0.1) is 0 Å². The molecule has 1 aromatic rings. The van der Waals surface area contributed by atoms with Crippen LogP contribution < -0.4 is 15.4 Å². The van der Waals surface area contributed by atoms with Crippen LogP contribution in [0.2, 0.25) is 5.02 Å². The minimum Gasteiger partial charge on any atom is -0.495 e. The summed E-state index contributed by atoms with van der Waals surface area (Å²) in [4.78, 5) is 2.20. The van der Waals surface area contributed by atoms with Crippen molar-refractivity contribution in [3.8, 4) is 5.75 Å². The molecule has 1 heterocycles. The van der Waals surface area contributed by atoms with Crippen LogP contribution >= 0.6 is 11.6 Å². The first-order valence-corrected chi connectivity index (χ1v) is 6.02. The summed E-state index contributed by atoms with van der Waals surface area (Å²) in [6.45, 7) is 2.70. The van der Waals surface area contributed by atoms with Crippen molar-refractivity contribution in [2.24, 2.45) is 5.73 Å². The molecular weight excluding hydrogens is 240 g/mol. The predicted octanol–water partition coefficient (Wildman–Crippen LogP) is 1.51. The van der Waals surface area contributed by atoms with Crippen LogP contribution in [-0.2, 0) is 4.74 Å². The molecule has 0 bridgehead atoms. The number of hydrogen-bond donors (Lipinski definition) is 1. The van der Waals surface area contributed by atoms with E-state index in [0.717, 1.165) is 18.0 Å². The zero-order chi connectivity index (χ0) is 12.3. The van der Waals surface area contributed by atoms with Crippen molar-refractivity contribution >= 4 is 17.3 Å². The van der Waals surface area contributed by atoms with Gasteiger partial charge in [-0.25, -0.2) is 0 Å². The third-order valence-electron chi connectivity index (χ3n) is 2.95. The topological polar surface area (TPSA) is 47.7 Å². The molecule has 1 aliphatic heterocycles. The summed E-state index contributed by atoms with van der Waals surface area (Å²) in [5, 5.41) is 0.697. The molecule has 1 fully saturated rings. The zero-order valence-electron chi connectivity index (χ0n) is 9.86. The van der Waals surface area contributed by atoms with E-state index in [0.29, 0.717) is 24.8 Å². The quantitative estimate of drug-likeness (QED) is 0.891. The fourth-order valence-corrected chi connectivity index (χ4v) is 2.22. The molecule has 1 atom stereocenters. The molecule has 2 N–H and O–H groups in total. The second-order valence-electron chi connectivity index (χ2n) is 3.97. The maximum absolute atomic E-state index is 6.04. The van der Waals surface area contributed by atoms with Crippen LogP contribution in [0.3, 0.4) is 0 Å². The fraction of sp³-hybridized carbons (Fsp3) is 0.500. The van der Waals surface area contributed by atoms with Gasteiger partial charge in [0.2, 0.25) is 0 Å². The Morgan fingerprint density at radius 1 is 1.59 bits per heavy atom. The fourth-order valence-electron chi connectivity index (χ4n) is 2.05. The highest BCUT2D eigenvalue weighted by Gasteiger charge is 2.24. The lowest BCUT2D eigenvalue weighted by molar-refractivity contribution is 0.0960. The van der Waals surface area contributed by atoms with Crippen LogP contribution in [0.4, 0.5) is 5.69 Å². The van der Waals surface area contributed by atoms with Crippen molar-refractivity contribution in [1.82, 2.24) is 0 Å². The Labute approximate surface area is 106 Å². The third kappa shape index (κ3) is 2.65. The number of morpholine rings is 1. The first-order chi connectivity index (χ1) is 8.26. The van der Waals surface area contributed by atoms with Crippen LogP contribution in [0.15, 0.2) is 18.2 Å². The van der Waals surface area contributed by atoms with E-state index in [9.17, 15) is 0 Å². The summed E-state index contributed by atoms with van der Waals surface area (Å²) in [7, 11) is 1.66. The van der Waals surface area contributed by atoms with Gasteiger partial charge in [0.25, 0.3) is 0 Å². The highest BCUT2D eigenvalue weighted by Crippen LogP contribution is 2.33. The molecule has 1 aromatic carbocycles. The van der Waals surface area contributed by atoms with Crippen molar-refractivity contribution in [3.63, 3.8) is 0 Å². The minimum absolute atomic E-state index is 0.177. The van der Waals surface area contributed by atoms with Gasteiger partial charge in [-0.15, -0.1) is 0 Å². The van der Waals surface area contributed by atoms with Gasteiger partial charge < -0.3 is 20.1 Å². The molecule has 2 rings (SSSR count). The van der Waals surface area contributed by atoms with E-state index in [1.807, 2.05) is 18.2 Å². The lowest BCUT2D eigenvalue weighted by Gasteiger charge is -2.37. The van der Waals surface area contributed by atoms with Gasteiger partial charge >= 0.3 is 0 Å². The number of benzene rings is 1.